The quantitative estimate of drug-likeness (QED) is 0.574. The summed E-state index contributed by atoms with van der Waals surface area (Å²) in [5.74, 6) is -4.02. The Bertz CT molecular complexity index is 339. The van der Waals surface area contributed by atoms with Crippen molar-refractivity contribution >= 4 is 0 Å². The van der Waals surface area contributed by atoms with E-state index in [2.05, 4.69) is 6.58 Å². The highest BCUT2D eigenvalue weighted by Crippen LogP contribution is 2.50. The number of rotatable bonds is 3. The van der Waals surface area contributed by atoms with Crippen LogP contribution in [-0.2, 0) is 0 Å². The Morgan fingerprint density at radius 2 is 1.35 bits per heavy atom. The van der Waals surface area contributed by atoms with Gasteiger partial charge in [-0.25, -0.2) is 0 Å². The summed E-state index contributed by atoms with van der Waals surface area (Å²) in [6.07, 6.45) is -11.8. The SMILES string of the molecule is C=CCC(C#N)(C#N)C(C(F)(F)F)C(F)(F)F. The first kappa shape index (κ1) is 15.3. The molecule has 2 nitrogen and oxygen atoms in total. The number of hydrogen-bond acceptors (Lipinski definition) is 2. The molecule has 0 aliphatic carbocycles. The number of allylic oxidation sites excluding steroid dienone is 1. The Hall–Kier alpha value is -1.70. The monoisotopic (exact) mass is 256 g/mol. The first-order chi connectivity index (χ1) is 7.55. The summed E-state index contributed by atoms with van der Waals surface area (Å²) >= 11 is 0. The molecule has 0 saturated carbocycles. The second-order valence-electron chi connectivity index (χ2n) is 3.20. The molecular formula is C9H6F6N2. The maximum absolute atomic E-state index is 12.4. The molecule has 0 bridgehead atoms. The third kappa shape index (κ3) is 3.13. The highest BCUT2D eigenvalue weighted by molar-refractivity contribution is 5.21. The van der Waals surface area contributed by atoms with Gasteiger partial charge in [-0.3, -0.25) is 0 Å². The van der Waals surface area contributed by atoms with Crippen molar-refractivity contribution in [1.82, 2.24) is 0 Å². The molecule has 0 spiro atoms. The summed E-state index contributed by atoms with van der Waals surface area (Å²) in [6, 6.07) is 1.61. The van der Waals surface area contributed by atoms with Crippen LogP contribution in [0.25, 0.3) is 0 Å². The highest BCUT2D eigenvalue weighted by Gasteiger charge is 2.67. The van der Waals surface area contributed by atoms with Crippen LogP contribution in [0.4, 0.5) is 26.3 Å². The Morgan fingerprint density at radius 1 is 1.00 bits per heavy atom. The normalized spacial score (nSPS) is 13.0. The molecule has 0 aromatic heterocycles. The predicted octanol–water partition coefficient (Wildman–Crippen LogP) is 3.34. The van der Waals surface area contributed by atoms with Crippen LogP contribution in [0.2, 0.25) is 0 Å². The van der Waals surface area contributed by atoms with Crippen molar-refractivity contribution in [2.45, 2.75) is 18.8 Å². The van der Waals surface area contributed by atoms with E-state index in [0.717, 1.165) is 12.1 Å². The van der Waals surface area contributed by atoms with Gasteiger partial charge >= 0.3 is 12.4 Å². The van der Waals surface area contributed by atoms with Gasteiger partial charge in [0, 0.05) is 0 Å². The van der Waals surface area contributed by atoms with E-state index in [0.29, 0.717) is 6.08 Å². The van der Waals surface area contributed by atoms with Crippen molar-refractivity contribution in [2.24, 2.45) is 11.3 Å². The van der Waals surface area contributed by atoms with Crippen LogP contribution in [0, 0.1) is 34.0 Å². The number of alkyl halides is 6. The summed E-state index contributed by atoms with van der Waals surface area (Å²) in [4.78, 5) is 0. The standard InChI is InChI=1S/C9H6F6N2/c1-2-3-7(4-16,5-17)6(8(10,11)12)9(13,14)15/h2,6H,1,3H2. The number of halogens is 6. The summed E-state index contributed by atoms with van der Waals surface area (Å²) in [5.41, 5.74) is -3.24. The molecule has 17 heavy (non-hydrogen) atoms. The Labute approximate surface area is 92.7 Å². The van der Waals surface area contributed by atoms with Crippen molar-refractivity contribution in [1.29, 1.82) is 10.5 Å². The third-order valence-corrected chi connectivity index (χ3v) is 2.01. The topological polar surface area (TPSA) is 47.6 Å². The van der Waals surface area contributed by atoms with Crippen LogP contribution >= 0.6 is 0 Å². The van der Waals surface area contributed by atoms with Gasteiger partial charge in [-0.15, -0.1) is 6.58 Å². The first-order valence-corrected chi connectivity index (χ1v) is 4.12. The molecule has 0 unspecified atom stereocenters. The van der Waals surface area contributed by atoms with Gasteiger partial charge in [0.2, 0.25) is 0 Å². The molecule has 0 aliphatic heterocycles. The Kier molecular flexibility index (Phi) is 4.19. The molecule has 0 aliphatic rings. The molecule has 0 amide bonds. The Morgan fingerprint density at radius 3 is 1.53 bits per heavy atom. The van der Waals surface area contributed by atoms with Crippen LogP contribution < -0.4 is 0 Å². The van der Waals surface area contributed by atoms with Gasteiger partial charge in [0.25, 0.3) is 0 Å². The number of nitriles is 2. The van der Waals surface area contributed by atoms with E-state index >= 15 is 0 Å². The van der Waals surface area contributed by atoms with Crippen LogP contribution in [0.1, 0.15) is 6.42 Å². The first-order valence-electron chi connectivity index (χ1n) is 4.12. The fourth-order valence-electron chi connectivity index (χ4n) is 1.34. The molecule has 0 fully saturated rings. The minimum absolute atomic E-state index is 0.678. The zero-order valence-corrected chi connectivity index (χ0v) is 8.23. The van der Waals surface area contributed by atoms with Crippen molar-refractivity contribution in [3.8, 4) is 12.1 Å². The lowest BCUT2D eigenvalue weighted by Gasteiger charge is -2.31. The molecule has 0 aromatic rings. The van der Waals surface area contributed by atoms with E-state index in [1.807, 2.05) is 0 Å². The van der Waals surface area contributed by atoms with E-state index < -0.39 is 30.1 Å². The molecule has 94 valence electrons. The van der Waals surface area contributed by atoms with Gasteiger partial charge in [-0.05, 0) is 6.42 Å². The maximum Gasteiger partial charge on any atom is 0.403 e. The molecule has 0 rings (SSSR count). The largest absolute Gasteiger partial charge is 0.403 e. The second-order valence-corrected chi connectivity index (χ2v) is 3.20. The van der Waals surface area contributed by atoms with Crippen molar-refractivity contribution in [3.05, 3.63) is 12.7 Å². The van der Waals surface area contributed by atoms with Crippen LogP contribution in [0.15, 0.2) is 12.7 Å². The van der Waals surface area contributed by atoms with Gasteiger partial charge in [-0.2, -0.15) is 36.9 Å². The van der Waals surface area contributed by atoms with E-state index in [9.17, 15) is 26.3 Å². The van der Waals surface area contributed by atoms with Crippen LogP contribution in [0.5, 0.6) is 0 Å². The van der Waals surface area contributed by atoms with E-state index in [1.54, 1.807) is 0 Å². The average Bonchev–Trinajstić information content (AvgIpc) is 2.12. The van der Waals surface area contributed by atoms with Gasteiger partial charge < -0.3 is 0 Å². The summed E-state index contributed by atoms with van der Waals surface area (Å²) in [6.45, 7) is 2.95. The molecule has 0 aromatic carbocycles. The van der Waals surface area contributed by atoms with Gasteiger partial charge in [0.15, 0.2) is 11.3 Å². The van der Waals surface area contributed by atoms with Crippen molar-refractivity contribution in [2.75, 3.05) is 0 Å². The predicted molar refractivity (Wildman–Crippen MR) is 44.1 cm³/mol. The molecular weight excluding hydrogens is 250 g/mol. The molecule has 0 atom stereocenters. The number of nitrogens with zero attached hydrogens (tertiary/aromatic N) is 2. The van der Waals surface area contributed by atoms with E-state index in [1.165, 1.54) is 0 Å². The fourth-order valence-corrected chi connectivity index (χ4v) is 1.34. The molecule has 0 heterocycles. The maximum atomic E-state index is 12.4. The lowest BCUT2D eigenvalue weighted by Crippen LogP contribution is -2.47. The molecule has 0 saturated heterocycles. The smallest absolute Gasteiger partial charge is 0.197 e. The lowest BCUT2D eigenvalue weighted by molar-refractivity contribution is -0.302. The van der Waals surface area contributed by atoms with Gasteiger partial charge in [0.1, 0.15) is 0 Å². The van der Waals surface area contributed by atoms with Gasteiger partial charge in [0.05, 0.1) is 12.1 Å². The zero-order valence-electron chi connectivity index (χ0n) is 8.23. The van der Waals surface area contributed by atoms with Crippen LogP contribution in [-0.4, -0.2) is 12.4 Å². The minimum Gasteiger partial charge on any atom is -0.197 e. The van der Waals surface area contributed by atoms with E-state index in [4.69, 9.17) is 10.5 Å². The van der Waals surface area contributed by atoms with E-state index in [-0.39, 0.29) is 0 Å². The zero-order chi connectivity index (χ0) is 13.9. The van der Waals surface area contributed by atoms with Crippen molar-refractivity contribution < 1.29 is 26.3 Å². The summed E-state index contributed by atoms with van der Waals surface area (Å²) in [7, 11) is 0. The summed E-state index contributed by atoms with van der Waals surface area (Å²) < 4.78 is 74.1. The molecule has 0 radical (unpaired) electrons. The molecule has 0 N–H and O–H groups in total. The fraction of sp³-hybridized carbons (Fsp3) is 0.556. The number of hydrogen-bond donors (Lipinski definition) is 0. The highest BCUT2D eigenvalue weighted by atomic mass is 19.4. The summed E-state index contributed by atoms with van der Waals surface area (Å²) in [5, 5.41) is 17.0. The Balaban J connectivity index is 5.84. The minimum atomic E-state index is -5.73. The second kappa shape index (κ2) is 4.66. The van der Waals surface area contributed by atoms with Crippen molar-refractivity contribution in [3.63, 3.8) is 0 Å². The van der Waals surface area contributed by atoms with Gasteiger partial charge in [-0.1, -0.05) is 6.08 Å². The average molecular weight is 256 g/mol. The third-order valence-electron chi connectivity index (χ3n) is 2.01. The lowest BCUT2D eigenvalue weighted by atomic mass is 9.74. The molecule has 8 heteroatoms. The van der Waals surface area contributed by atoms with Crippen LogP contribution in [0.3, 0.4) is 0 Å².